The van der Waals surface area contributed by atoms with Gasteiger partial charge in [-0.15, -0.1) is 0 Å². The van der Waals surface area contributed by atoms with Crippen LogP contribution >= 0.6 is 0 Å². The first-order valence-corrected chi connectivity index (χ1v) is 4.83. The Bertz CT molecular complexity index is 577. The summed E-state index contributed by atoms with van der Waals surface area (Å²) in [7, 11) is 0. The summed E-state index contributed by atoms with van der Waals surface area (Å²) in [5, 5.41) is 0. The second-order valence-corrected chi connectivity index (χ2v) is 3.55. The molecule has 0 aromatic carbocycles. The number of nitrogens with zero attached hydrogens (tertiary/aromatic N) is 2. The molecule has 0 aliphatic rings. The number of fused-ring (bicyclic) bond motifs is 1. The fourth-order valence-electron chi connectivity index (χ4n) is 1.56. The molecule has 0 radical (unpaired) electrons. The largest absolute Gasteiger partial charge is 0.311 e. The molecule has 2 aromatic heterocycles. The molecule has 6 heteroatoms. The number of aryl methyl sites for hydroxylation is 1. The lowest BCUT2D eigenvalue weighted by atomic mass is 10.2. The van der Waals surface area contributed by atoms with E-state index in [9.17, 15) is 4.79 Å². The maximum absolute atomic E-state index is 12.0. The molecule has 0 aliphatic heterocycles. The monoisotopic (exact) mass is 219 g/mol. The quantitative estimate of drug-likeness (QED) is 0.357. The molecule has 0 saturated carbocycles. The molecule has 1 atom stereocenters. The SMILES string of the molecule is Cc1cccn2c(=O)c(C(N)NN)cnc12. The van der Waals surface area contributed by atoms with Gasteiger partial charge >= 0.3 is 0 Å². The van der Waals surface area contributed by atoms with Crippen LogP contribution in [-0.4, -0.2) is 9.38 Å². The van der Waals surface area contributed by atoms with E-state index in [4.69, 9.17) is 11.6 Å². The molecule has 5 N–H and O–H groups in total. The van der Waals surface area contributed by atoms with Gasteiger partial charge in [-0.05, 0) is 18.6 Å². The number of rotatable bonds is 2. The van der Waals surface area contributed by atoms with E-state index in [0.29, 0.717) is 11.2 Å². The first kappa shape index (κ1) is 10.7. The fourth-order valence-corrected chi connectivity index (χ4v) is 1.56. The molecule has 0 saturated heterocycles. The van der Waals surface area contributed by atoms with Crippen LogP contribution in [0.25, 0.3) is 5.65 Å². The Hall–Kier alpha value is -1.76. The van der Waals surface area contributed by atoms with Crippen LogP contribution in [0.5, 0.6) is 0 Å². The van der Waals surface area contributed by atoms with Crippen LogP contribution in [0.4, 0.5) is 0 Å². The molecule has 84 valence electrons. The van der Waals surface area contributed by atoms with Gasteiger partial charge in [0.1, 0.15) is 11.8 Å². The predicted octanol–water partition coefficient (Wildman–Crippen LogP) is -0.576. The standard InChI is InChI=1S/C10H13N5O/c1-6-3-2-4-15-9(6)13-5-7(10(15)16)8(11)14-12/h2-5,8,14H,11-12H2,1H3. The highest BCUT2D eigenvalue weighted by atomic mass is 16.1. The molecule has 0 amide bonds. The van der Waals surface area contributed by atoms with E-state index >= 15 is 0 Å². The highest BCUT2D eigenvalue weighted by Crippen LogP contribution is 2.06. The summed E-state index contributed by atoms with van der Waals surface area (Å²) in [4.78, 5) is 16.2. The summed E-state index contributed by atoms with van der Waals surface area (Å²) >= 11 is 0. The van der Waals surface area contributed by atoms with Gasteiger partial charge in [0.25, 0.3) is 5.56 Å². The van der Waals surface area contributed by atoms with Crippen LogP contribution in [0.1, 0.15) is 17.3 Å². The Labute approximate surface area is 91.9 Å². The van der Waals surface area contributed by atoms with Gasteiger partial charge in [-0.3, -0.25) is 15.0 Å². The molecule has 1 unspecified atom stereocenters. The van der Waals surface area contributed by atoms with Crippen molar-refractivity contribution in [1.29, 1.82) is 0 Å². The van der Waals surface area contributed by atoms with Crippen molar-refractivity contribution >= 4 is 5.65 Å². The highest BCUT2D eigenvalue weighted by molar-refractivity contribution is 5.46. The number of hydrogen-bond acceptors (Lipinski definition) is 5. The van der Waals surface area contributed by atoms with Gasteiger partial charge in [0.05, 0.1) is 5.56 Å². The van der Waals surface area contributed by atoms with Gasteiger partial charge in [-0.25, -0.2) is 10.4 Å². The average molecular weight is 219 g/mol. The zero-order valence-corrected chi connectivity index (χ0v) is 8.84. The number of aromatic nitrogens is 2. The Morgan fingerprint density at radius 2 is 2.31 bits per heavy atom. The summed E-state index contributed by atoms with van der Waals surface area (Å²) in [6.07, 6.45) is 2.40. The van der Waals surface area contributed by atoms with E-state index in [1.54, 1.807) is 12.3 Å². The third-order valence-electron chi connectivity index (χ3n) is 2.47. The predicted molar refractivity (Wildman–Crippen MR) is 60.5 cm³/mol. The minimum absolute atomic E-state index is 0.209. The zero-order valence-electron chi connectivity index (χ0n) is 8.84. The van der Waals surface area contributed by atoms with Crippen molar-refractivity contribution in [3.8, 4) is 0 Å². The molecule has 0 fully saturated rings. The molecule has 0 aliphatic carbocycles. The molecule has 2 aromatic rings. The maximum atomic E-state index is 12.0. The van der Waals surface area contributed by atoms with Crippen molar-refractivity contribution in [3.63, 3.8) is 0 Å². The smallest absolute Gasteiger partial charge is 0.264 e. The van der Waals surface area contributed by atoms with Crippen LogP contribution < -0.4 is 22.6 Å². The lowest BCUT2D eigenvalue weighted by Gasteiger charge is -2.10. The van der Waals surface area contributed by atoms with Gasteiger partial charge in [-0.1, -0.05) is 6.07 Å². The number of hydrazine groups is 1. The zero-order chi connectivity index (χ0) is 11.7. The summed E-state index contributed by atoms with van der Waals surface area (Å²) in [6, 6.07) is 3.68. The van der Waals surface area contributed by atoms with Crippen LogP contribution in [0.3, 0.4) is 0 Å². The molecule has 2 heterocycles. The van der Waals surface area contributed by atoms with E-state index in [2.05, 4.69) is 10.4 Å². The van der Waals surface area contributed by atoms with Crippen molar-refractivity contribution in [2.75, 3.05) is 0 Å². The number of hydrogen-bond donors (Lipinski definition) is 3. The van der Waals surface area contributed by atoms with E-state index in [1.165, 1.54) is 10.6 Å². The third-order valence-corrected chi connectivity index (χ3v) is 2.47. The average Bonchev–Trinajstić information content (AvgIpc) is 2.30. The number of pyridine rings is 1. The lowest BCUT2D eigenvalue weighted by molar-refractivity contribution is 0.567. The van der Waals surface area contributed by atoms with Crippen molar-refractivity contribution in [3.05, 3.63) is 46.0 Å². The Balaban J connectivity index is 2.76. The third kappa shape index (κ3) is 1.58. The van der Waals surface area contributed by atoms with Gasteiger partial charge < -0.3 is 5.73 Å². The summed E-state index contributed by atoms with van der Waals surface area (Å²) in [5.41, 5.74) is 9.65. The first-order valence-electron chi connectivity index (χ1n) is 4.83. The molecule has 6 nitrogen and oxygen atoms in total. The maximum Gasteiger partial charge on any atom is 0.264 e. The Morgan fingerprint density at radius 1 is 1.56 bits per heavy atom. The van der Waals surface area contributed by atoms with Crippen LogP contribution in [0, 0.1) is 6.92 Å². The normalized spacial score (nSPS) is 12.9. The second kappa shape index (κ2) is 4.01. The van der Waals surface area contributed by atoms with Crippen LogP contribution in [-0.2, 0) is 0 Å². The summed E-state index contributed by atoms with van der Waals surface area (Å²) < 4.78 is 1.46. The van der Waals surface area contributed by atoms with Gasteiger partial charge in [0.2, 0.25) is 0 Å². The lowest BCUT2D eigenvalue weighted by Crippen LogP contribution is -2.38. The first-order chi connectivity index (χ1) is 7.65. The molecule has 0 spiro atoms. The number of nitrogens with two attached hydrogens (primary N) is 2. The van der Waals surface area contributed by atoms with Crippen molar-refractivity contribution in [2.45, 2.75) is 13.1 Å². The minimum Gasteiger partial charge on any atom is -0.311 e. The summed E-state index contributed by atoms with van der Waals surface area (Å²) in [6.45, 7) is 1.89. The Morgan fingerprint density at radius 3 is 3.00 bits per heavy atom. The molecule has 0 bridgehead atoms. The number of nitrogens with one attached hydrogen (secondary N) is 1. The summed E-state index contributed by atoms with van der Waals surface area (Å²) in [5.74, 6) is 5.20. The topological polar surface area (TPSA) is 98.4 Å². The van der Waals surface area contributed by atoms with E-state index in [-0.39, 0.29) is 5.56 Å². The van der Waals surface area contributed by atoms with E-state index in [1.807, 2.05) is 13.0 Å². The van der Waals surface area contributed by atoms with Crippen molar-refractivity contribution in [2.24, 2.45) is 11.6 Å². The van der Waals surface area contributed by atoms with Crippen molar-refractivity contribution in [1.82, 2.24) is 14.8 Å². The van der Waals surface area contributed by atoms with E-state index in [0.717, 1.165) is 5.56 Å². The van der Waals surface area contributed by atoms with Gasteiger partial charge in [0, 0.05) is 12.4 Å². The molecule has 16 heavy (non-hydrogen) atoms. The second-order valence-electron chi connectivity index (χ2n) is 3.55. The van der Waals surface area contributed by atoms with Crippen LogP contribution in [0.2, 0.25) is 0 Å². The molecule has 2 rings (SSSR count). The van der Waals surface area contributed by atoms with Crippen molar-refractivity contribution < 1.29 is 0 Å². The minimum atomic E-state index is -0.711. The van der Waals surface area contributed by atoms with Gasteiger partial charge in [-0.2, -0.15) is 0 Å². The molecular formula is C10H13N5O. The van der Waals surface area contributed by atoms with E-state index < -0.39 is 6.17 Å². The van der Waals surface area contributed by atoms with Crippen LogP contribution in [0.15, 0.2) is 29.3 Å². The van der Waals surface area contributed by atoms with Gasteiger partial charge in [0.15, 0.2) is 0 Å². The Kier molecular flexibility index (Phi) is 2.69. The highest BCUT2D eigenvalue weighted by Gasteiger charge is 2.11. The molecular weight excluding hydrogens is 206 g/mol. The fraction of sp³-hybridized carbons (Fsp3) is 0.200.